The Kier molecular flexibility index (Phi) is 7.31. The van der Waals surface area contributed by atoms with Crippen molar-refractivity contribution < 1.29 is 14.3 Å². The number of carbonyl (C=O) groups excluding carboxylic acids is 2. The second kappa shape index (κ2) is 9.92. The first kappa shape index (κ1) is 20.6. The highest BCUT2D eigenvalue weighted by molar-refractivity contribution is 5.91. The minimum Gasteiger partial charge on any atom is -0.449 e. The number of hydrogen-bond donors (Lipinski definition) is 1. The summed E-state index contributed by atoms with van der Waals surface area (Å²) in [6.07, 6.45) is 4.63. The van der Waals surface area contributed by atoms with Crippen molar-refractivity contribution in [2.75, 3.05) is 44.6 Å². The zero-order valence-corrected chi connectivity index (χ0v) is 17.2. The van der Waals surface area contributed by atoms with Gasteiger partial charge in [-0.05, 0) is 61.4 Å². The molecule has 154 valence electrons. The lowest BCUT2D eigenvalue weighted by Crippen LogP contribution is -2.36. The maximum Gasteiger partial charge on any atom is 0.409 e. The minimum atomic E-state index is -0.218. The summed E-state index contributed by atoms with van der Waals surface area (Å²) in [5, 5.41) is 3.03. The van der Waals surface area contributed by atoms with Crippen LogP contribution in [0.5, 0.6) is 0 Å². The molecule has 0 bridgehead atoms. The molecule has 2 amide bonds. The Morgan fingerprint density at radius 3 is 2.71 bits per heavy atom. The van der Waals surface area contributed by atoms with E-state index < -0.39 is 0 Å². The number of ether oxygens (including phenoxy) is 1. The number of hydrogen-bond acceptors (Lipinski definition) is 4. The summed E-state index contributed by atoms with van der Waals surface area (Å²) >= 11 is 0. The van der Waals surface area contributed by atoms with Gasteiger partial charge in [0.05, 0.1) is 6.61 Å². The normalized spacial score (nSPS) is 17.3. The first-order valence-corrected chi connectivity index (χ1v) is 10.6. The van der Waals surface area contributed by atoms with E-state index in [2.05, 4.69) is 22.3 Å². The van der Waals surface area contributed by atoms with E-state index in [4.69, 9.17) is 4.74 Å². The molecule has 0 atom stereocenters. The molecule has 0 unspecified atom stereocenters. The molecule has 1 aliphatic heterocycles. The van der Waals surface area contributed by atoms with Crippen LogP contribution >= 0.6 is 0 Å². The minimum absolute atomic E-state index is 0.0513. The quantitative estimate of drug-likeness (QED) is 0.814. The van der Waals surface area contributed by atoms with Crippen molar-refractivity contribution in [2.24, 2.45) is 5.92 Å². The first-order valence-electron chi connectivity index (χ1n) is 10.6. The highest BCUT2D eigenvalue weighted by Gasteiger charge is 2.21. The van der Waals surface area contributed by atoms with Gasteiger partial charge in [-0.25, -0.2) is 4.79 Å². The van der Waals surface area contributed by atoms with Gasteiger partial charge in [0.2, 0.25) is 5.91 Å². The number of anilines is 1. The molecule has 1 heterocycles. The van der Waals surface area contributed by atoms with Gasteiger partial charge in [-0.2, -0.15) is 0 Å². The van der Waals surface area contributed by atoms with Gasteiger partial charge in [-0.15, -0.1) is 0 Å². The standard InChI is InChI=1S/C22H33N3O3/c1-17(2)16-28-22(27)25-11-4-10-24(13-14-25)12-9-21(26)23-20-8-7-18-5-3-6-19(18)15-20/h7-8,15,17H,3-6,9-14,16H2,1-2H3,(H,23,26). The Morgan fingerprint density at radius 1 is 1.07 bits per heavy atom. The molecule has 1 fully saturated rings. The van der Waals surface area contributed by atoms with Crippen molar-refractivity contribution in [3.8, 4) is 0 Å². The first-order chi connectivity index (χ1) is 13.5. The van der Waals surface area contributed by atoms with Gasteiger partial charge in [0.15, 0.2) is 0 Å². The van der Waals surface area contributed by atoms with Gasteiger partial charge >= 0.3 is 6.09 Å². The number of rotatable bonds is 6. The molecule has 3 rings (SSSR count). The fraction of sp³-hybridized carbons (Fsp3) is 0.636. The third-order valence-corrected chi connectivity index (χ3v) is 5.42. The van der Waals surface area contributed by atoms with Crippen LogP contribution in [0.25, 0.3) is 0 Å². The fourth-order valence-electron chi connectivity index (χ4n) is 3.84. The number of fused-ring (bicyclic) bond motifs is 1. The third kappa shape index (κ3) is 5.96. The summed E-state index contributed by atoms with van der Waals surface area (Å²) in [5.41, 5.74) is 3.69. The van der Waals surface area contributed by atoms with Gasteiger partial charge < -0.3 is 19.9 Å². The van der Waals surface area contributed by atoms with E-state index in [9.17, 15) is 9.59 Å². The molecule has 0 saturated carbocycles. The Balaban J connectivity index is 1.40. The molecule has 0 aromatic heterocycles. The smallest absolute Gasteiger partial charge is 0.409 e. The average Bonchev–Trinajstić information content (AvgIpc) is 3.00. The lowest BCUT2D eigenvalue weighted by atomic mass is 10.1. The van der Waals surface area contributed by atoms with Gasteiger partial charge in [-0.1, -0.05) is 19.9 Å². The van der Waals surface area contributed by atoms with Crippen LogP contribution in [0.1, 0.15) is 44.2 Å². The summed E-state index contributed by atoms with van der Waals surface area (Å²) in [5.74, 6) is 0.395. The zero-order valence-electron chi connectivity index (χ0n) is 17.2. The molecular weight excluding hydrogens is 354 g/mol. The van der Waals surface area contributed by atoms with Crippen molar-refractivity contribution in [1.29, 1.82) is 0 Å². The van der Waals surface area contributed by atoms with Gasteiger partial charge in [0, 0.05) is 38.3 Å². The maximum absolute atomic E-state index is 12.3. The summed E-state index contributed by atoms with van der Waals surface area (Å²) in [6.45, 7) is 8.30. The monoisotopic (exact) mass is 387 g/mol. The van der Waals surface area contributed by atoms with Crippen LogP contribution in [-0.2, 0) is 22.4 Å². The third-order valence-electron chi connectivity index (χ3n) is 5.42. The molecule has 1 aromatic rings. The van der Waals surface area contributed by atoms with E-state index >= 15 is 0 Å². The van der Waals surface area contributed by atoms with Crippen LogP contribution in [0.2, 0.25) is 0 Å². The Hall–Kier alpha value is -2.08. The number of carbonyl (C=O) groups is 2. The molecule has 2 aliphatic rings. The van der Waals surface area contributed by atoms with E-state index in [-0.39, 0.29) is 12.0 Å². The lowest BCUT2D eigenvalue weighted by Gasteiger charge is -2.22. The molecule has 0 radical (unpaired) electrons. The van der Waals surface area contributed by atoms with E-state index in [0.717, 1.165) is 44.6 Å². The van der Waals surface area contributed by atoms with Crippen LogP contribution in [-0.4, -0.2) is 61.1 Å². The molecule has 28 heavy (non-hydrogen) atoms. The number of amides is 2. The predicted octanol–water partition coefficient (Wildman–Crippen LogP) is 3.30. The fourth-order valence-corrected chi connectivity index (χ4v) is 3.84. The SMILES string of the molecule is CC(C)COC(=O)N1CCCN(CCC(=O)Nc2ccc3c(c2)CCC3)CC1. The highest BCUT2D eigenvalue weighted by atomic mass is 16.6. The second-order valence-corrected chi connectivity index (χ2v) is 8.29. The zero-order chi connectivity index (χ0) is 19.9. The van der Waals surface area contributed by atoms with E-state index in [1.165, 1.54) is 17.5 Å². The maximum atomic E-state index is 12.3. The van der Waals surface area contributed by atoms with Gasteiger partial charge in [-0.3, -0.25) is 4.79 Å². The van der Waals surface area contributed by atoms with Crippen molar-refractivity contribution >= 4 is 17.7 Å². The molecule has 0 spiro atoms. The van der Waals surface area contributed by atoms with E-state index in [1.54, 1.807) is 4.90 Å². The van der Waals surface area contributed by atoms with Crippen molar-refractivity contribution in [1.82, 2.24) is 9.80 Å². The van der Waals surface area contributed by atoms with E-state index in [1.807, 2.05) is 19.9 Å². The molecule has 6 heteroatoms. The topological polar surface area (TPSA) is 61.9 Å². The summed E-state index contributed by atoms with van der Waals surface area (Å²) in [4.78, 5) is 28.5. The van der Waals surface area contributed by atoms with E-state index in [0.29, 0.717) is 32.0 Å². The Morgan fingerprint density at radius 2 is 1.89 bits per heavy atom. The van der Waals surface area contributed by atoms with Gasteiger partial charge in [0.1, 0.15) is 0 Å². The van der Waals surface area contributed by atoms with Crippen LogP contribution in [0, 0.1) is 5.92 Å². The molecule has 6 nitrogen and oxygen atoms in total. The van der Waals surface area contributed by atoms with Crippen molar-refractivity contribution in [2.45, 2.75) is 46.0 Å². The molecular formula is C22H33N3O3. The van der Waals surface area contributed by atoms with Gasteiger partial charge in [0.25, 0.3) is 0 Å². The molecule has 1 aliphatic carbocycles. The van der Waals surface area contributed by atoms with Crippen molar-refractivity contribution in [3.63, 3.8) is 0 Å². The van der Waals surface area contributed by atoms with Crippen molar-refractivity contribution in [3.05, 3.63) is 29.3 Å². The Labute approximate surface area is 168 Å². The van der Waals surface area contributed by atoms with Crippen LogP contribution in [0.15, 0.2) is 18.2 Å². The number of nitrogens with zero attached hydrogens (tertiary/aromatic N) is 2. The molecule has 1 aromatic carbocycles. The second-order valence-electron chi connectivity index (χ2n) is 8.29. The largest absolute Gasteiger partial charge is 0.449 e. The average molecular weight is 388 g/mol. The van der Waals surface area contributed by atoms with Crippen LogP contribution in [0.3, 0.4) is 0 Å². The summed E-state index contributed by atoms with van der Waals surface area (Å²) < 4.78 is 5.33. The molecule has 1 saturated heterocycles. The highest BCUT2D eigenvalue weighted by Crippen LogP contribution is 2.24. The Bertz CT molecular complexity index is 690. The summed E-state index contributed by atoms with van der Waals surface area (Å²) in [7, 11) is 0. The predicted molar refractivity (Wildman–Crippen MR) is 111 cm³/mol. The van der Waals surface area contributed by atoms with Crippen LogP contribution in [0.4, 0.5) is 10.5 Å². The number of nitrogens with one attached hydrogen (secondary N) is 1. The molecule has 1 N–H and O–H groups in total. The number of benzene rings is 1. The summed E-state index contributed by atoms with van der Waals surface area (Å²) in [6, 6.07) is 6.27. The lowest BCUT2D eigenvalue weighted by molar-refractivity contribution is -0.116. The number of aryl methyl sites for hydroxylation is 2. The van der Waals surface area contributed by atoms with Crippen LogP contribution < -0.4 is 5.32 Å².